The topological polar surface area (TPSA) is 61.1 Å². The molecular formula is C15H23IN4O2. The van der Waals surface area contributed by atoms with Crippen molar-refractivity contribution in [2.45, 2.75) is 20.4 Å². The molecule has 2 rings (SSSR count). The lowest BCUT2D eigenvalue weighted by Crippen LogP contribution is -2.25. The number of rotatable bonds is 3. The van der Waals surface area contributed by atoms with Gasteiger partial charge in [-0.1, -0.05) is 0 Å². The summed E-state index contributed by atoms with van der Waals surface area (Å²) in [5.41, 5.74) is 3.37. The number of imidazole rings is 1. The van der Waals surface area contributed by atoms with Crippen LogP contribution in [-0.2, 0) is 6.54 Å². The summed E-state index contributed by atoms with van der Waals surface area (Å²) in [4.78, 5) is 20.2. The first-order chi connectivity index (χ1) is 9.73. The minimum atomic E-state index is -0.130. The number of aryl methyl sites for hydroxylation is 2. The molecule has 122 valence electrons. The number of aromatic nitrogens is 2. The van der Waals surface area contributed by atoms with Gasteiger partial charge in [-0.2, -0.15) is 0 Å². The molecule has 22 heavy (non-hydrogen) atoms. The zero-order valence-electron chi connectivity index (χ0n) is 13.8. The van der Waals surface area contributed by atoms with Gasteiger partial charge in [0.2, 0.25) is 0 Å². The fraction of sp³-hybridized carbons (Fsp3) is 0.467. The fourth-order valence-electron chi connectivity index (χ4n) is 2.32. The van der Waals surface area contributed by atoms with Gasteiger partial charge in [0.25, 0.3) is 5.91 Å². The first kappa shape index (κ1) is 18.7. The van der Waals surface area contributed by atoms with Crippen LogP contribution in [0.4, 0.5) is 0 Å². The second-order valence-electron chi connectivity index (χ2n) is 5.78. The van der Waals surface area contributed by atoms with Gasteiger partial charge in [-0.05, 0) is 27.9 Å². The van der Waals surface area contributed by atoms with Crippen molar-refractivity contribution >= 4 is 35.5 Å². The standard InChI is InChI=1S/C15H22N4O2.HI/c1-9-10(2)19-8-12(15(21)18(5)6)11(7-17(3)4)13(20)14(19)16-9;/h8,20H,7H2,1-6H3;1H. The SMILES string of the molecule is Cc1nc2c(O)c(CN(C)C)c(C(=O)N(C)C)cn2c1C.I. The summed E-state index contributed by atoms with van der Waals surface area (Å²) in [6.45, 7) is 4.29. The third kappa shape index (κ3) is 3.19. The Bertz CT molecular complexity index is 707. The van der Waals surface area contributed by atoms with Gasteiger partial charge >= 0.3 is 0 Å². The summed E-state index contributed by atoms with van der Waals surface area (Å²) in [6.07, 6.45) is 1.77. The Morgan fingerprint density at radius 2 is 1.86 bits per heavy atom. The molecular weight excluding hydrogens is 395 g/mol. The molecule has 2 aromatic heterocycles. The van der Waals surface area contributed by atoms with Crippen LogP contribution in [0.5, 0.6) is 5.75 Å². The van der Waals surface area contributed by atoms with Crippen molar-refractivity contribution in [1.29, 1.82) is 0 Å². The maximum Gasteiger partial charge on any atom is 0.255 e. The molecule has 0 aliphatic rings. The molecule has 0 unspecified atom stereocenters. The smallest absolute Gasteiger partial charge is 0.255 e. The van der Waals surface area contributed by atoms with Crippen molar-refractivity contribution in [2.24, 2.45) is 0 Å². The molecule has 0 aliphatic heterocycles. The van der Waals surface area contributed by atoms with Crippen LogP contribution in [0, 0.1) is 13.8 Å². The molecule has 7 heteroatoms. The van der Waals surface area contributed by atoms with E-state index in [4.69, 9.17) is 0 Å². The van der Waals surface area contributed by atoms with Gasteiger partial charge in [-0.25, -0.2) is 4.98 Å². The lowest BCUT2D eigenvalue weighted by Gasteiger charge is -2.18. The van der Waals surface area contributed by atoms with E-state index in [9.17, 15) is 9.90 Å². The molecule has 0 saturated heterocycles. The highest BCUT2D eigenvalue weighted by atomic mass is 127. The highest BCUT2D eigenvalue weighted by Gasteiger charge is 2.22. The summed E-state index contributed by atoms with van der Waals surface area (Å²) in [5, 5.41) is 10.6. The second-order valence-corrected chi connectivity index (χ2v) is 5.78. The molecule has 0 radical (unpaired) electrons. The third-order valence-electron chi connectivity index (χ3n) is 3.58. The summed E-state index contributed by atoms with van der Waals surface area (Å²) in [5.74, 6) is -0.0533. The number of amides is 1. The van der Waals surface area contributed by atoms with Crippen LogP contribution >= 0.6 is 24.0 Å². The highest BCUT2D eigenvalue weighted by Crippen LogP contribution is 2.29. The molecule has 0 saturated carbocycles. The molecule has 0 aliphatic carbocycles. The van der Waals surface area contributed by atoms with Crippen LogP contribution in [-0.4, -0.2) is 58.4 Å². The van der Waals surface area contributed by atoms with E-state index in [0.29, 0.717) is 23.3 Å². The van der Waals surface area contributed by atoms with E-state index in [-0.39, 0.29) is 35.6 Å². The fourth-order valence-corrected chi connectivity index (χ4v) is 2.32. The van der Waals surface area contributed by atoms with Gasteiger partial charge in [0.1, 0.15) is 0 Å². The van der Waals surface area contributed by atoms with Crippen LogP contribution in [0.25, 0.3) is 5.65 Å². The maximum absolute atomic E-state index is 12.4. The molecule has 0 aromatic carbocycles. The van der Waals surface area contributed by atoms with E-state index >= 15 is 0 Å². The number of carbonyl (C=O) groups excluding carboxylic acids is 1. The molecule has 0 fully saturated rings. The highest BCUT2D eigenvalue weighted by molar-refractivity contribution is 14.0. The van der Waals surface area contributed by atoms with Crippen molar-refractivity contribution in [2.75, 3.05) is 28.2 Å². The molecule has 1 amide bonds. The average molecular weight is 418 g/mol. The van der Waals surface area contributed by atoms with Gasteiger partial charge in [0.15, 0.2) is 11.4 Å². The van der Waals surface area contributed by atoms with Crippen LogP contribution in [0.1, 0.15) is 27.3 Å². The minimum absolute atomic E-state index is 0. The Morgan fingerprint density at radius 3 is 2.36 bits per heavy atom. The Kier molecular flexibility index (Phi) is 5.80. The molecule has 0 spiro atoms. The molecule has 0 bridgehead atoms. The Labute approximate surface area is 147 Å². The van der Waals surface area contributed by atoms with Crippen LogP contribution in [0.3, 0.4) is 0 Å². The van der Waals surface area contributed by atoms with Crippen LogP contribution < -0.4 is 0 Å². The van der Waals surface area contributed by atoms with Gasteiger partial charge < -0.3 is 19.3 Å². The summed E-state index contributed by atoms with van der Waals surface area (Å²) in [6, 6.07) is 0. The lowest BCUT2D eigenvalue weighted by atomic mass is 10.1. The quantitative estimate of drug-likeness (QED) is 0.776. The predicted molar refractivity (Wildman–Crippen MR) is 97.2 cm³/mol. The number of halogens is 1. The van der Waals surface area contributed by atoms with E-state index in [1.54, 1.807) is 24.7 Å². The second kappa shape index (κ2) is 6.82. The van der Waals surface area contributed by atoms with Gasteiger partial charge in [-0.3, -0.25) is 4.79 Å². The normalized spacial score (nSPS) is 10.9. The number of carbonyl (C=O) groups is 1. The molecule has 0 atom stereocenters. The first-order valence-electron chi connectivity index (χ1n) is 6.80. The number of pyridine rings is 1. The van der Waals surface area contributed by atoms with Crippen molar-refractivity contribution in [3.8, 4) is 5.75 Å². The molecule has 6 nitrogen and oxygen atoms in total. The molecule has 2 aromatic rings. The number of fused-ring (bicyclic) bond motifs is 1. The zero-order chi connectivity index (χ0) is 15.9. The Balaban J connectivity index is 0.00000242. The zero-order valence-corrected chi connectivity index (χ0v) is 16.2. The van der Waals surface area contributed by atoms with Crippen LogP contribution in [0.15, 0.2) is 6.20 Å². The molecule has 2 heterocycles. The van der Waals surface area contributed by atoms with Crippen molar-refractivity contribution in [1.82, 2.24) is 19.2 Å². The largest absolute Gasteiger partial charge is 0.504 e. The Hall–Kier alpha value is -1.35. The van der Waals surface area contributed by atoms with E-state index in [2.05, 4.69) is 4.98 Å². The van der Waals surface area contributed by atoms with E-state index < -0.39 is 0 Å². The lowest BCUT2D eigenvalue weighted by molar-refractivity contribution is 0.0824. The molecule has 1 N–H and O–H groups in total. The van der Waals surface area contributed by atoms with E-state index in [0.717, 1.165) is 11.4 Å². The number of hydrogen-bond donors (Lipinski definition) is 1. The minimum Gasteiger partial charge on any atom is -0.504 e. The van der Waals surface area contributed by atoms with Crippen molar-refractivity contribution in [3.63, 3.8) is 0 Å². The van der Waals surface area contributed by atoms with Crippen molar-refractivity contribution < 1.29 is 9.90 Å². The van der Waals surface area contributed by atoms with Gasteiger partial charge in [-0.15, -0.1) is 24.0 Å². The first-order valence-corrected chi connectivity index (χ1v) is 6.80. The monoisotopic (exact) mass is 418 g/mol. The number of hydrogen-bond acceptors (Lipinski definition) is 4. The average Bonchev–Trinajstić information content (AvgIpc) is 2.68. The number of aromatic hydroxyl groups is 1. The number of nitrogens with zero attached hydrogens (tertiary/aromatic N) is 4. The van der Waals surface area contributed by atoms with Gasteiger partial charge in [0.05, 0.1) is 11.3 Å². The summed E-state index contributed by atoms with van der Waals surface area (Å²) < 4.78 is 1.78. The summed E-state index contributed by atoms with van der Waals surface area (Å²) >= 11 is 0. The van der Waals surface area contributed by atoms with Crippen LogP contribution in [0.2, 0.25) is 0 Å². The third-order valence-corrected chi connectivity index (χ3v) is 3.58. The van der Waals surface area contributed by atoms with E-state index in [1.165, 1.54) is 4.90 Å². The van der Waals surface area contributed by atoms with Crippen molar-refractivity contribution in [3.05, 3.63) is 28.7 Å². The van der Waals surface area contributed by atoms with Gasteiger partial charge in [0, 0.05) is 38.1 Å². The summed E-state index contributed by atoms with van der Waals surface area (Å²) in [7, 11) is 7.20. The Morgan fingerprint density at radius 1 is 1.27 bits per heavy atom. The van der Waals surface area contributed by atoms with E-state index in [1.807, 2.05) is 32.8 Å². The predicted octanol–water partition coefficient (Wildman–Crippen LogP) is 2.04. The maximum atomic E-state index is 12.4.